The second-order valence-electron chi connectivity index (χ2n) is 4.71. The van der Waals surface area contributed by atoms with E-state index >= 15 is 0 Å². The van der Waals surface area contributed by atoms with E-state index in [-0.39, 0.29) is 0 Å². The van der Waals surface area contributed by atoms with Crippen LogP contribution in [0.5, 0.6) is 0 Å². The van der Waals surface area contributed by atoms with Crippen molar-refractivity contribution < 1.29 is 0 Å². The molecule has 18 heavy (non-hydrogen) atoms. The molecule has 0 spiro atoms. The molecule has 1 heterocycles. The van der Waals surface area contributed by atoms with E-state index < -0.39 is 0 Å². The normalized spacial score (nSPS) is 11.1. The Balaban J connectivity index is 1.99. The van der Waals surface area contributed by atoms with E-state index in [1.54, 1.807) is 11.5 Å². The largest absolute Gasteiger partial charge is 0.312 e. The Morgan fingerprint density at radius 3 is 2.67 bits per heavy atom. The monoisotopic (exact) mass is 280 g/mol. The standard InChI is InChI=1S/C14H17ClN2S/c1-10(2)8-16-9-13-7-14(17-18-13)11-3-5-12(15)6-4-11/h3-7,10,16H,8-9H2,1-2H3. The van der Waals surface area contributed by atoms with Gasteiger partial charge in [0.2, 0.25) is 0 Å². The summed E-state index contributed by atoms with van der Waals surface area (Å²) >= 11 is 7.43. The van der Waals surface area contributed by atoms with Gasteiger partial charge in [-0.25, -0.2) is 0 Å². The van der Waals surface area contributed by atoms with Crippen molar-refractivity contribution in [2.24, 2.45) is 5.92 Å². The van der Waals surface area contributed by atoms with Crippen LogP contribution in [-0.2, 0) is 6.54 Å². The molecule has 0 radical (unpaired) electrons. The fraction of sp³-hybridized carbons (Fsp3) is 0.357. The summed E-state index contributed by atoms with van der Waals surface area (Å²) in [6.45, 7) is 6.34. The van der Waals surface area contributed by atoms with Gasteiger partial charge in [-0.05, 0) is 42.2 Å². The highest BCUT2D eigenvalue weighted by Gasteiger charge is 2.04. The summed E-state index contributed by atoms with van der Waals surface area (Å²) in [5, 5.41) is 4.18. The molecule has 1 aromatic carbocycles. The van der Waals surface area contributed by atoms with Crippen molar-refractivity contribution in [3.8, 4) is 11.3 Å². The van der Waals surface area contributed by atoms with Crippen molar-refractivity contribution in [3.63, 3.8) is 0 Å². The third kappa shape index (κ3) is 3.80. The Hall–Kier alpha value is -0.900. The van der Waals surface area contributed by atoms with Crippen LogP contribution in [0.4, 0.5) is 0 Å². The third-order valence-corrected chi connectivity index (χ3v) is 3.59. The molecule has 2 nitrogen and oxygen atoms in total. The van der Waals surface area contributed by atoms with Crippen LogP contribution in [0.3, 0.4) is 0 Å². The second kappa shape index (κ2) is 6.32. The predicted molar refractivity (Wildman–Crippen MR) is 79.1 cm³/mol. The summed E-state index contributed by atoms with van der Waals surface area (Å²) in [5.74, 6) is 0.675. The molecule has 4 heteroatoms. The van der Waals surface area contributed by atoms with Crippen molar-refractivity contribution >= 4 is 23.1 Å². The van der Waals surface area contributed by atoms with Gasteiger partial charge in [-0.15, -0.1) is 0 Å². The number of halogens is 1. The van der Waals surface area contributed by atoms with Gasteiger partial charge in [0.25, 0.3) is 0 Å². The lowest BCUT2D eigenvalue weighted by Gasteiger charge is -2.04. The van der Waals surface area contributed by atoms with Gasteiger partial charge in [0.1, 0.15) is 0 Å². The smallest absolute Gasteiger partial charge is 0.0844 e. The zero-order chi connectivity index (χ0) is 13.0. The second-order valence-corrected chi connectivity index (χ2v) is 6.04. The number of nitrogens with zero attached hydrogens (tertiary/aromatic N) is 1. The molecule has 0 aliphatic rings. The van der Waals surface area contributed by atoms with Gasteiger partial charge < -0.3 is 5.32 Å². The molecular formula is C14H17ClN2S. The van der Waals surface area contributed by atoms with Crippen molar-refractivity contribution in [3.05, 3.63) is 40.2 Å². The summed E-state index contributed by atoms with van der Waals surface area (Å²) in [5.41, 5.74) is 2.14. The van der Waals surface area contributed by atoms with Crippen LogP contribution in [0.2, 0.25) is 5.02 Å². The Bertz CT molecular complexity index is 491. The van der Waals surface area contributed by atoms with Crippen LogP contribution in [0.25, 0.3) is 11.3 Å². The highest BCUT2D eigenvalue weighted by atomic mass is 35.5. The number of aromatic nitrogens is 1. The highest BCUT2D eigenvalue weighted by molar-refractivity contribution is 7.06. The lowest BCUT2D eigenvalue weighted by molar-refractivity contribution is 0.555. The first kappa shape index (κ1) is 13.5. The minimum Gasteiger partial charge on any atom is -0.312 e. The topological polar surface area (TPSA) is 24.9 Å². The van der Waals surface area contributed by atoms with E-state index in [1.807, 2.05) is 24.3 Å². The molecule has 96 valence electrons. The molecule has 2 rings (SSSR count). The van der Waals surface area contributed by atoms with Gasteiger partial charge in [-0.1, -0.05) is 37.6 Å². The summed E-state index contributed by atoms with van der Waals surface area (Å²) in [7, 11) is 0. The molecule has 0 aliphatic carbocycles. The van der Waals surface area contributed by atoms with Crippen molar-refractivity contribution in [1.29, 1.82) is 0 Å². The summed E-state index contributed by atoms with van der Waals surface area (Å²) < 4.78 is 4.47. The van der Waals surface area contributed by atoms with Gasteiger partial charge >= 0.3 is 0 Å². The summed E-state index contributed by atoms with van der Waals surface area (Å²) in [6, 6.07) is 9.94. The summed E-state index contributed by atoms with van der Waals surface area (Å²) in [6.07, 6.45) is 0. The number of rotatable bonds is 5. The fourth-order valence-electron chi connectivity index (χ4n) is 1.64. The average molecular weight is 281 g/mol. The number of benzene rings is 1. The third-order valence-electron chi connectivity index (χ3n) is 2.55. The quantitative estimate of drug-likeness (QED) is 0.887. The Morgan fingerprint density at radius 1 is 1.28 bits per heavy atom. The van der Waals surface area contributed by atoms with E-state index in [0.717, 1.165) is 29.4 Å². The number of nitrogens with one attached hydrogen (secondary N) is 1. The minimum atomic E-state index is 0.675. The molecule has 0 saturated heterocycles. The maximum absolute atomic E-state index is 5.87. The van der Waals surface area contributed by atoms with Gasteiger partial charge in [-0.3, -0.25) is 0 Å². The molecular weight excluding hydrogens is 264 g/mol. The molecule has 0 aliphatic heterocycles. The van der Waals surface area contributed by atoms with Crippen LogP contribution >= 0.6 is 23.1 Å². The lowest BCUT2D eigenvalue weighted by Crippen LogP contribution is -2.18. The van der Waals surface area contributed by atoms with Crippen LogP contribution in [-0.4, -0.2) is 10.9 Å². The van der Waals surface area contributed by atoms with Gasteiger partial charge in [-0.2, -0.15) is 4.37 Å². The molecule has 1 aromatic heterocycles. The van der Waals surface area contributed by atoms with Gasteiger partial charge in [0.05, 0.1) is 5.69 Å². The molecule has 2 aromatic rings. The van der Waals surface area contributed by atoms with Gasteiger partial charge in [0, 0.05) is 22.0 Å². The van der Waals surface area contributed by atoms with E-state index in [1.165, 1.54) is 4.88 Å². The zero-order valence-corrected chi connectivity index (χ0v) is 12.2. The van der Waals surface area contributed by atoms with Crippen LogP contribution in [0.15, 0.2) is 30.3 Å². The minimum absolute atomic E-state index is 0.675. The summed E-state index contributed by atoms with van der Waals surface area (Å²) in [4.78, 5) is 1.26. The zero-order valence-electron chi connectivity index (χ0n) is 10.6. The Kier molecular flexibility index (Phi) is 4.75. The molecule has 0 saturated carbocycles. The van der Waals surface area contributed by atoms with E-state index in [2.05, 4.69) is 29.6 Å². The first-order chi connectivity index (χ1) is 8.65. The highest BCUT2D eigenvalue weighted by Crippen LogP contribution is 2.23. The molecule has 1 N–H and O–H groups in total. The Morgan fingerprint density at radius 2 is 2.00 bits per heavy atom. The first-order valence-corrected chi connectivity index (χ1v) is 7.22. The van der Waals surface area contributed by atoms with Crippen molar-refractivity contribution in [2.75, 3.05) is 6.54 Å². The molecule has 0 fully saturated rings. The SMILES string of the molecule is CC(C)CNCc1cc(-c2ccc(Cl)cc2)ns1. The maximum atomic E-state index is 5.87. The predicted octanol–water partition coefficient (Wildman–Crippen LogP) is 4.21. The maximum Gasteiger partial charge on any atom is 0.0844 e. The Labute approximate surface area is 117 Å². The average Bonchev–Trinajstić information content (AvgIpc) is 2.78. The molecule has 0 unspecified atom stereocenters. The number of hydrogen-bond acceptors (Lipinski definition) is 3. The van der Waals surface area contributed by atoms with Crippen LogP contribution in [0.1, 0.15) is 18.7 Å². The van der Waals surface area contributed by atoms with Gasteiger partial charge in [0.15, 0.2) is 0 Å². The fourth-order valence-corrected chi connectivity index (χ4v) is 2.47. The number of hydrogen-bond donors (Lipinski definition) is 1. The van der Waals surface area contributed by atoms with E-state index in [0.29, 0.717) is 5.92 Å². The molecule has 0 atom stereocenters. The van der Waals surface area contributed by atoms with Crippen molar-refractivity contribution in [1.82, 2.24) is 9.69 Å². The van der Waals surface area contributed by atoms with Crippen LogP contribution < -0.4 is 5.32 Å². The first-order valence-electron chi connectivity index (χ1n) is 6.07. The van der Waals surface area contributed by atoms with Crippen LogP contribution in [0, 0.1) is 5.92 Å². The molecule has 0 amide bonds. The van der Waals surface area contributed by atoms with E-state index in [9.17, 15) is 0 Å². The van der Waals surface area contributed by atoms with Crippen molar-refractivity contribution in [2.45, 2.75) is 20.4 Å². The van der Waals surface area contributed by atoms with E-state index in [4.69, 9.17) is 11.6 Å². The molecule has 0 bridgehead atoms. The lowest BCUT2D eigenvalue weighted by atomic mass is 10.1.